The van der Waals surface area contributed by atoms with Crippen LogP contribution < -0.4 is 0 Å². The van der Waals surface area contributed by atoms with Crippen LogP contribution >= 0.6 is 0 Å². The van der Waals surface area contributed by atoms with Crippen LogP contribution in [-0.4, -0.2) is 20.0 Å². The van der Waals surface area contributed by atoms with Crippen LogP contribution in [0.25, 0.3) is 11.3 Å². The Kier molecular flexibility index (Phi) is 2.14. The first-order valence-corrected chi connectivity index (χ1v) is 5.02. The maximum Gasteiger partial charge on any atom is 0.0957 e. The first-order chi connectivity index (χ1) is 6.98. The molecule has 0 aliphatic rings. The summed E-state index contributed by atoms with van der Waals surface area (Å²) in [6.45, 7) is 6.55. The van der Waals surface area contributed by atoms with Gasteiger partial charge in [-0.25, -0.2) is 0 Å². The molecule has 2 heterocycles. The van der Waals surface area contributed by atoms with Crippen LogP contribution in [0.3, 0.4) is 0 Å². The minimum Gasteiger partial charge on any atom is -0.285 e. The van der Waals surface area contributed by atoms with Gasteiger partial charge in [-0.15, -0.1) is 0 Å². The molecular weight excluding hydrogens is 188 g/mol. The number of aryl methyl sites for hydroxylation is 1. The molecule has 0 atom stereocenters. The summed E-state index contributed by atoms with van der Waals surface area (Å²) in [7, 11) is 1.98. The average molecular weight is 204 g/mol. The second-order valence-electron chi connectivity index (χ2n) is 4.78. The van der Waals surface area contributed by atoms with Gasteiger partial charge in [0.15, 0.2) is 0 Å². The predicted octanol–water partition coefficient (Wildman–Crippen LogP) is 2.11. The van der Waals surface area contributed by atoms with Gasteiger partial charge in [-0.05, 0) is 6.07 Å². The smallest absolute Gasteiger partial charge is 0.0957 e. The van der Waals surface area contributed by atoms with E-state index in [-0.39, 0.29) is 5.41 Å². The lowest BCUT2D eigenvalue weighted by Crippen LogP contribution is -2.16. The molecule has 4 nitrogen and oxygen atoms in total. The van der Waals surface area contributed by atoms with Gasteiger partial charge >= 0.3 is 0 Å². The van der Waals surface area contributed by atoms with E-state index in [1.54, 1.807) is 6.20 Å². The molecule has 2 aromatic rings. The van der Waals surface area contributed by atoms with Gasteiger partial charge in [-0.1, -0.05) is 20.8 Å². The molecule has 0 aliphatic carbocycles. The molecule has 2 rings (SSSR count). The lowest BCUT2D eigenvalue weighted by molar-refractivity contribution is 0.523. The minimum atomic E-state index is 0.115. The Labute approximate surface area is 89.3 Å². The molecule has 0 saturated heterocycles. The van der Waals surface area contributed by atoms with E-state index in [0.29, 0.717) is 0 Å². The van der Waals surface area contributed by atoms with Crippen LogP contribution in [0.15, 0.2) is 18.5 Å². The van der Waals surface area contributed by atoms with Crippen molar-refractivity contribution in [1.82, 2.24) is 20.0 Å². The highest BCUT2D eigenvalue weighted by atomic mass is 15.3. The summed E-state index contributed by atoms with van der Waals surface area (Å²) in [5.41, 5.74) is 3.33. The number of nitrogens with zero attached hydrogens (tertiary/aromatic N) is 3. The number of aromatic amines is 1. The molecule has 1 N–H and O–H groups in total. The van der Waals surface area contributed by atoms with E-state index in [2.05, 4.69) is 42.1 Å². The molecule has 80 valence electrons. The van der Waals surface area contributed by atoms with Crippen LogP contribution in [0.5, 0.6) is 0 Å². The van der Waals surface area contributed by atoms with E-state index in [4.69, 9.17) is 0 Å². The van der Waals surface area contributed by atoms with Gasteiger partial charge in [0.2, 0.25) is 0 Å². The van der Waals surface area contributed by atoms with Crippen LogP contribution in [0.2, 0.25) is 0 Å². The first-order valence-electron chi connectivity index (χ1n) is 5.02. The average Bonchev–Trinajstić information content (AvgIpc) is 2.68. The van der Waals surface area contributed by atoms with Crippen molar-refractivity contribution in [3.05, 3.63) is 24.2 Å². The molecule has 2 aromatic heterocycles. The van der Waals surface area contributed by atoms with Crippen molar-refractivity contribution < 1.29 is 0 Å². The molecule has 15 heavy (non-hydrogen) atoms. The molecule has 0 aliphatic heterocycles. The van der Waals surface area contributed by atoms with Crippen LogP contribution in [-0.2, 0) is 12.5 Å². The molecule has 0 spiro atoms. The SMILES string of the molecule is Cn1nc(-c2cn[nH]c2)cc1C(C)(C)C. The highest BCUT2D eigenvalue weighted by Gasteiger charge is 2.19. The topological polar surface area (TPSA) is 46.5 Å². The maximum atomic E-state index is 4.48. The third kappa shape index (κ3) is 1.79. The number of hydrogen-bond donors (Lipinski definition) is 1. The summed E-state index contributed by atoms with van der Waals surface area (Å²) in [5, 5.41) is 11.2. The monoisotopic (exact) mass is 204 g/mol. The molecule has 0 unspecified atom stereocenters. The Hall–Kier alpha value is -1.58. The van der Waals surface area contributed by atoms with Crippen molar-refractivity contribution in [2.75, 3.05) is 0 Å². The quantitative estimate of drug-likeness (QED) is 0.773. The summed E-state index contributed by atoms with van der Waals surface area (Å²) < 4.78 is 1.93. The molecule has 0 fully saturated rings. The Morgan fingerprint density at radius 2 is 2.07 bits per heavy atom. The van der Waals surface area contributed by atoms with Crippen molar-refractivity contribution in [2.24, 2.45) is 7.05 Å². The van der Waals surface area contributed by atoms with Crippen LogP contribution in [0, 0.1) is 0 Å². The molecule has 4 heteroatoms. The third-order valence-electron chi connectivity index (χ3n) is 2.44. The lowest BCUT2D eigenvalue weighted by Gasteiger charge is -2.17. The Morgan fingerprint density at radius 1 is 1.33 bits per heavy atom. The zero-order chi connectivity index (χ0) is 11.1. The van der Waals surface area contributed by atoms with Crippen molar-refractivity contribution in [3.8, 4) is 11.3 Å². The van der Waals surface area contributed by atoms with E-state index in [9.17, 15) is 0 Å². The number of hydrogen-bond acceptors (Lipinski definition) is 2. The van der Waals surface area contributed by atoms with E-state index < -0.39 is 0 Å². The lowest BCUT2D eigenvalue weighted by atomic mass is 9.92. The molecule has 0 saturated carbocycles. The normalized spacial score (nSPS) is 12.0. The van der Waals surface area contributed by atoms with Gasteiger partial charge in [0.05, 0.1) is 11.9 Å². The number of nitrogens with one attached hydrogen (secondary N) is 1. The van der Waals surface area contributed by atoms with E-state index in [0.717, 1.165) is 11.3 Å². The van der Waals surface area contributed by atoms with Crippen LogP contribution in [0.4, 0.5) is 0 Å². The summed E-state index contributed by atoms with van der Waals surface area (Å²) in [5.74, 6) is 0. The molecular formula is C11H16N4. The van der Waals surface area contributed by atoms with Gasteiger partial charge in [0, 0.05) is 29.9 Å². The third-order valence-corrected chi connectivity index (χ3v) is 2.44. The zero-order valence-corrected chi connectivity index (χ0v) is 9.57. The highest BCUT2D eigenvalue weighted by molar-refractivity contribution is 5.57. The van der Waals surface area contributed by atoms with Gasteiger partial charge in [-0.2, -0.15) is 10.2 Å². The number of aromatic nitrogens is 4. The second-order valence-corrected chi connectivity index (χ2v) is 4.78. The van der Waals surface area contributed by atoms with Gasteiger partial charge in [-0.3, -0.25) is 9.78 Å². The summed E-state index contributed by atoms with van der Waals surface area (Å²) >= 11 is 0. The molecule has 0 radical (unpaired) electrons. The standard InChI is InChI=1S/C11H16N4/c1-11(2,3)10-5-9(14-15(10)4)8-6-12-13-7-8/h5-7H,1-4H3,(H,12,13). The Balaban J connectivity index is 2.47. The van der Waals surface area contributed by atoms with E-state index >= 15 is 0 Å². The first kappa shape index (κ1) is 9.96. The van der Waals surface area contributed by atoms with Gasteiger partial charge in [0.25, 0.3) is 0 Å². The Bertz CT molecular complexity index is 445. The van der Waals surface area contributed by atoms with Gasteiger partial charge < -0.3 is 0 Å². The maximum absolute atomic E-state index is 4.48. The van der Waals surface area contributed by atoms with E-state index in [1.165, 1.54) is 5.69 Å². The highest BCUT2D eigenvalue weighted by Crippen LogP contribution is 2.26. The fraction of sp³-hybridized carbons (Fsp3) is 0.455. The van der Waals surface area contributed by atoms with Crippen molar-refractivity contribution in [1.29, 1.82) is 0 Å². The van der Waals surface area contributed by atoms with Gasteiger partial charge in [0.1, 0.15) is 0 Å². The van der Waals surface area contributed by atoms with Crippen LogP contribution in [0.1, 0.15) is 26.5 Å². The van der Waals surface area contributed by atoms with Crippen molar-refractivity contribution >= 4 is 0 Å². The molecule has 0 bridgehead atoms. The summed E-state index contributed by atoms with van der Waals surface area (Å²) in [6.07, 6.45) is 3.64. The van der Waals surface area contributed by atoms with Crippen molar-refractivity contribution in [2.45, 2.75) is 26.2 Å². The van der Waals surface area contributed by atoms with Crippen molar-refractivity contribution in [3.63, 3.8) is 0 Å². The predicted molar refractivity (Wildman–Crippen MR) is 59.5 cm³/mol. The minimum absolute atomic E-state index is 0.115. The fourth-order valence-electron chi connectivity index (χ4n) is 1.70. The second kappa shape index (κ2) is 3.22. The number of rotatable bonds is 1. The summed E-state index contributed by atoms with van der Waals surface area (Å²) in [4.78, 5) is 0. The summed E-state index contributed by atoms with van der Waals surface area (Å²) in [6, 6.07) is 2.12. The Morgan fingerprint density at radius 3 is 2.53 bits per heavy atom. The molecule has 0 amide bonds. The molecule has 0 aromatic carbocycles. The zero-order valence-electron chi connectivity index (χ0n) is 9.57. The number of H-pyrrole nitrogens is 1. The van der Waals surface area contributed by atoms with E-state index in [1.807, 2.05) is 17.9 Å². The largest absolute Gasteiger partial charge is 0.285 e. The fourth-order valence-corrected chi connectivity index (χ4v) is 1.70.